The van der Waals surface area contributed by atoms with Crippen molar-refractivity contribution in [2.45, 2.75) is 75.2 Å². The number of carbonyl (C=O) groups is 1. The Morgan fingerprint density at radius 2 is 2.10 bits per heavy atom. The van der Waals surface area contributed by atoms with Crippen molar-refractivity contribution in [2.24, 2.45) is 5.92 Å². The molecule has 0 radical (unpaired) electrons. The summed E-state index contributed by atoms with van der Waals surface area (Å²) in [6.07, 6.45) is 2.93. The smallest absolute Gasteiger partial charge is 0.251 e. The van der Waals surface area contributed by atoms with Gasteiger partial charge >= 0.3 is 0 Å². The van der Waals surface area contributed by atoms with Crippen molar-refractivity contribution in [3.63, 3.8) is 0 Å². The molecule has 0 aromatic heterocycles. The third-order valence-corrected chi connectivity index (χ3v) is 8.21. The summed E-state index contributed by atoms with van der Waals surface area (Å²) < 4.78 is 6.18. The first-order valence-electron chi connectivity index (χ1n) is 11.5. The predicted molar refractivity (Wildman–Crippen MR) is 113 cm³/mol. The standard InChI is InChI=1S/C24H30N2O5/c1-12(2)25-22(29)15-10-24(30)17-9-14-5-6-16(27)20-18(14)23(24,21(31-20)19(15)28)7-8-26(17)11-13-3-4-13/h5-6,12-13,17,21,27-28,30H,3-4,7-11H2,1-2H3,(H,25,29)/t17-,21+,23+,24-/m1/s1. The number of phenols is 1. The zero-order valence-corrected chi connectivity index (χ0v) is 18.0. The van der Waals surface area contributed by atoms with E-state index in [4.69, 9.17) is 4.74 Å². The molecule has 2 bridgehead atoms. The van der Waals surface area contributed by atoms with Crippen LogP contribution in [-0.2, 0) is 16.6 Å². The van der Waals surface area contributed by atoms with Crippen molar-refractivity contribution < 1.29 is 24.9 Å². The van der Waals surface area contributed by atoms with Gasteiger partial charge in [0.1, 0.15) is 5.76 Å². The Morgan fingerprint density at radius 1 is 1.32 bits per heavy atom. The van der Waals surface area contributed by atoms with Crippen LogP contribution >= 0.6 is 0 Å². The number of rotatable bonds is 4. The molecule has 1 saturated carbocycles. The largest absolute Gasteiger partial charge is 0.508 e. The van der Waals surface area contributed by atoms with E-state index in [9.17, 15) is 20.1 Å². The summed E-state index contributed by atoms with van der Waals surface area (Å²) in [6, 6.07) is 3.32. The molecular weight excluding hydrogens is 396 g/mol. The highest BCUT2D eigenvalue weighted by Gasteiger charge is 2.73. The fourth-order valence-electron chi connectivity index (χ4n) is 6.72. The number of hydrogen-bond donors (Lipinski definition) is 4. The summed E-state index contributed by atoms with van der Waals surface area (Å²) in [5, 5.41) is 37.1. The number of amides is 1. The van der Waals surface area contributed by atoms with Gasteiger partial charge in [-0.05, 0) is 63.6 Å². The van der Waals surface area contributed by atoms with Crippen molar-refractivity contribution in [3.8, 4) is 11.5 Å². The van der Waals surface area contributed by atoms with Gasteiger partial charge in [0.2, 0.25) is 0 Å². The van der Waals surface area contributed by atoms with Crippen LogP contribution in [0.5, 0.6) is 11.5 Å². The van der Waals surface area contributed by atoms with Gasteiger partial charge in [-0.25, -0.2) is 0 Å². The molecule has 2 fully saturated rings. The molecule has 6 rings (SSSR count). The molecule has 3 aliphatic carbocycles. The first kappa shape index (κ1) is 19.4. The number of aliphatic hydroxyl groups excluding tert-OH is 1. The Balaban J connectivity index is 1.54. The number of hydrogen-bond acceptors (Lipinski definition) is 6. The maximum atomic E-state index is 13.0. The van der Waals surface area contributed by atoms with E-state index >= 15 is 0 Å². The molecule has 166 valence electrons. The third-order valence-electron chi connectivity index (χ3n) is 8.21. The Bertz CT molecular complexity index is 1020. The topological polar surface area (TPSA) is 102 Å². The molecule has 1 amide bonds. The van der Waals surface area contributed by atoms with Crippen LogP contribution in [0.3, 0.4) is 0 Å². The van der Waals surface area contributed by atoms with E-state index in [1.54, 1.807) is 6.07 Å². The number of ether oxygens (including phenoxy) is 1. The number of benzene rings is 1. The third kappa shape index (κ3) is 2.39. The lowest BCUT2D eigenvalue weighted by molar-refractivity contribution is -0.172. The predicted octanol–water partition coefficient (Wildman–Crippen LogP) is 1.90. The molecule has 1 spiro atoms. The van der Waals surface area contributed by atoms with Crippen LogP contribution in [0.2, 0.25) is 0 Å². The fourth-order valence-corrected chi connectivity index (χ4v) is 6.72. The van der Waals surface area contributed by atoms with Crippen molar-refractivity contribution in [2.75, 3.05) is 13.1 Å². The maximum Gasteiger partial charge on any atom is 0.251 e. The summed E-state index contributed by atoms with van der Waals surface area (Å²) >= 11 is 0. The summed E-state index contributed by atoms with van der Waals surface area (Å²) in [6.45, 7) is 5.50. The van der Waals surface area contributed by atoms with Gasteiger partial charge in [-0.2, -0.15) is 0 Å². The van der Waals surface area contributed by atoms with Crippen LogP contribution in [0.4, 0.5) is 0 Å². The zero-order chi connectivity index (χ0) is 21.7. The van der Waals surface area contributed by atoms with Gasteiger partial charge in [0.05, 0.1) is 16.6 Å². The van der Waals surface area contributed by atoms with E-state index in [0.717, 1.165) is 24.2 Å². The first-order valence-corrected chi connectivity index (χ1v) is 11.5. The second-order valence-electron chi connectivity index (χ2n) is 10.4. The Kier molecular flexibility index (Phi) is 3.87. The Hall–Kier alpha value is -2.25. The minimum absolute atomic E-state index is 0.0183. The average Bonchev–Trinajstić information content (AvgIpc) is 3.44. The molecule has 4 N–H and O–H groups in total. The Morgan fingerprint density at radius 3 is 2.81 bits per heavy atom. The molecule has 7 heteroatoms. The molecular formula is C24H30N2O5. The monoisotopic (exact) mass is 426 g/mol. The molecule has 31 heavy (non-hydrogen) atoms. The van der Waals surface area contributed by atoms with Gasteiger partial charge in [-0.3, -0.25) is 9.69 Å². The number of nitrogens with zero attached hydrogens (tertiary/aromatic N) is 1. The highest BCUT2D eigenvalue weighted by molar-refractivity contribution is 5.95. The lowest BCUT2D eigenvalue weighted by Crippen LogP contribution is -2.75. The fraction of sp³-hybridized carbons (Fsp3) is 0.625. The van der Waals surface area contributed by atoms with Crippen LogP contribution in [-0.4, -0.2) is 63.0 Å². The van der Waals surface area contributed by atoms with Crippen molar-refractivity contribution >= 4 is 5.91 Å². The van der Waals surface area contributed by atoms with E-state index in [-0.39, 0.29) is 41.5 Å². The van der Waals surface area contributed by atoms with Gasteiger partial charge in [0.25, 0.3) is 5.91 Å². The molecule has 7 nitrogen and oxygen atoms in total. The molecule has 1 saturated heterocycles. The summed E-state index contributed by atoms with van der Waals surface area (Å²) in [4.78, 5) is 15.4. The molecule has 2 heterocycles. The molecule has 4 atom stereocenters. The summed E-state index contributed by atoms with van der Waals surface area (Å²) in [5.41, 5.74) is -0.0194. The molecule has 1 aromatic carbocycles. The molecule has 5 aliphatic rings. The lowest BCUT2D eigenvalue weighted by Gasteiger charge is -2.62. The minimum atomic E-state index is -1.26. The van der Waals surface area contributed by atoms with E-state index in [1.165, 1.54) is 12.8 Å². The van der Waals surface area contributed by atoms with Gasteiger partial charge in [0.15, 0.2) is 17.6 Å². The van der Waals surface area contributed by atoms with Gasteiger partial charge < -0.3 is 25.4 Å². The quantitative estimate of drug-likeness (QED) is 0.587. The highest BCUT2D eigenvalue weighted by Crippen LogP contribution is 2.66. The van der Waals surface area contributed by atoms with Gasteiger partial charge in [-0.1, -0.05) is 6.07 Å². The van der Waals surface area contributed by atoms with Gasteiger partial charge in [0, 0.05) is 30.6 Å². The Labute approximate surface area is 181 Å². The number of nitrogens with one attached hydrogen (secondary N) is 1. The SMILES string of the molecule is CC(C)NC(=O)C1=C(O)[C@@H]2Oc3c(O)ccc4c3[C@@]23CCN(CC2CC2)[C@H](C4)[C@]3(O)C1. The number of piperidine rings is 1. The summed E-state index contributed by atoms with van der Waals surface area (Å²) in [7, 11) is 0. The van der Waals surface area contributed by atoms with Crippen molar-refractivity contribution in [3.05, 3.63) is 34.6 Å². The second kappa shape index (κ2) is 6.17. The van der Waals surface area contributed by atoms with Crippen molar-refractivity contribution in [1.82, 2.24) is 10.2 Å². The highest BCUT2D eigenvalue weighted by atomic mass is 16.5. The number of aliphatic hydroxyl groups is 2. The van der Waals surface area contributed by atoms with E-state index in [2.05, 4.69) is 10.2 Å². The minimum Gasteiger partial charge on any atom is -0.508 e. The van der Waals surface area contributed by atoms with Crippen LogP contribution in [0, 0.1) is 5.92 Å². The normalized spacial score (nSPS) is 35.7. The van der Waals surface area contributed by atoms with E-state index in [1.807, 2.05) is 19.9 Å². The zero-order valence-electron chi connectivity index (χ0n) is 18.0. The van der Waals surface area contributed by atoms with Crippen LogP contribution in [0.1, 0.15) is 50.7 Å². The van der Waals surface area contributed by atoms with Crippen LogP contribution in [0.25, 0.3) is 0 Å². The number of phenolic OH excluding ortho intramolecular Hbond substituents is 1. The molecule has 0 unspecified atom stereocenters. The number of aromatic hydroxyl groups is 1. The van der Waals surface area contributed by atoms with Crippen LogP contribution < -0.4 is 10.1 Å². The molecule has 1 aromatic rings. The number of carbonyl (C=O) groups excluding carboxylic acids is 1. The maximum absolute atomic E-state index is 13.0. The second-order valence-corrected chi connectivity index (χ2v) is 10.4. The lowest BCUT2D eigenvalue weighted by atomic mass is 9.49. The van der Waals surface area contributed by atoms with Crippen LogP contribution in [0.15, 0.2) is 23.5 Å². The average molecular weight is 427 g/mol. The van der Waals surface area contributed by atoms with Gasteiger partial charge in [-0.15, -0.1) is 0 Å². The summed E-state index contributed by atoms with van der Waals surface area (Å²) in [5.74, 6) is 0.580. The number of likely N-dealkylation sites (tertiary alicyclic amines) is 1. The first-order chi connectivity index (χ1) is 14.8. The molecule has 2 aliphatic heterocycles. The van der Waals surface area contributed by atoms with E-state index in [0.29, 0.717) is 24.5 Å². The van der Waals surface area contributed by atoms with E-state index < -0.39 is 17.1 Å². The van der Waals surface area contributed by atoms with Crippen molar-refractivity contribution in [1.29, 1.82) is 0 Å².